The third kappa shape index (κ3) is 5.33. The molecule has 0 atom stereocenters. The second-order valence-electron chi connectivity index (χ2n) is 7.19. The standard InChI is InChI=1S/C21H25FN6O.ClH/c22-19-4-2-18(3-5-19)20-21(24-7-6-23-20)27-11-9-26(10-12-27)15-17-14-25-28(16-17)8-1-13-29;/h2-7,14,16,29H,1,8-13,15H2;1H. The Bertz CT molecular complexity index is 927. The molecule has 0 saturated carbocycles. The second kappa shape index (κ2) is 10.5. The van der Waals surface area contributed by atoms with Crippen molar-refractivity contribution in [1.82, 2.24) is 24.6 Å². The molecule has 7 nitrogen and oxygen atoms in total. The number of halogens is 2. The van der Waals surface area contributed by atoms with Crippen LogP contribution in [-0.2, 0) is 13.1 Å². The van der Waals surface area contributed by atoms with Crippen molar-refractivity contribution in [2.75, 3.05) is 37.7 Å². The average molecular weight is 433 g/mol. The maximum atomic E-state index is 13.3. The molecule has 3 aromatic rings. The molecule has 0 amide bonds. The van der Waals surface area contributed by atoms with E-state index in [-0.39, 0.29) is 24.8 Å². The smallest absolute Gasteiger partial charge is 0.155 e. The van der Waals surface area contributed by atoms with Gasteiger partial charge in [-0.2, -0.15) is 5.10 Å². The van der Waals surface area contributed by atoms with Gasteiger partial charge in [0.25, 0.3) is 0 Å². The Morgan fingerprint density at radius 2 is 1.73 bits per heavy atom. The van der Waals surface area contributed by atoms with Crippen LogP contribution >= 0.6 is 12.4 Å². The summed E-state index contributed by atoms with van der Waals surface area (Å²) < 4.78 is 15.2. The van der Waals surface area contributed by atoms with Crippen LogP contribution in [0.15, 0.2) is 49.1 Å². The minimum atomic E-state index is -0.257. The van der Waals surface area contributed by atoms with Gasteiger partial charge in [0.1, 0.15) is 11.5 Å². The summed E-state index contributed by atoms with van der Waals surface area (Å²) in [6, 6.07) is 6.39. The zero-order valence-electron chi connectivity index (χ0n) is 16.7. The number of aliphatic hydroxyl groups is 1. The summed E-state index contributed by atoms with van der Waals surface area (Å²) in [5.41, 5.74) is 2.83. The van der Waals surface area contributed by atoms with Crippen LogP contribution in [0.25, 0.3) is 11.3 Å². The van der Waals surface area contributed by atoms with Crippen LogP contribution in [-0.4, -0.2) is 62.5 Å². The van der Waals surface area contributed by atoms with Gasteiger partial charge in [0.2, 0.25) is 0 Å². The molecular formula is C21H26ClFN6O. The van der Waals surface area contributed by atoms with Crippen LogP contribution in [0.5, 0.6) is 0 Å². The van der Waals surface area contributed by atoms with E-state index in [1.54, 1.807) is 24.5 Å². The Hall–Kier alpha value is -2.55. The van der Waals surface area contributed by atoms with Crippen LogP contribution in [0.3, 0.4) is 0 Å². The van der Waals surface area contributed by atoms with Gasteiger partial charge in [-0.1, -0.05) is 0 Å². The lowest BCUT2D eigenvalue weighted by molar-refractivity contribution is 0.249. The van der Waals surface area contributed by atoms with E-state index in [2.05, 4.69) is 31.1 Å². The predicted octanol–water partition coefficient (Wildman–Crippen LogP) is 2.61. The maximum Gasteiger partial charge on any atom is 0.155 e. The molecule has 9 heteroatoms. The molecule has 3 heterocycles. The van der Waals surface area contributed by atoms with Crippen molar-refractivity contribution in [3.05, 3.63) is 60.4 Å². The number of aliphatic hydroxyl groups excluding tert-OH is 1. The van der Waals surface area contributed by atoms with Crippen molar-refractivity contribution in [3.8, 4) is 11.3 Å². The highest BCUT2D eigenvalue weighted by Gasteiger charge is 2.21. The number of piperazine rings is 1. The normalized spacial score (nSPS) is 14.5. The van der Waals surface area contributed by atoms with Gasteiger partial charge in [-0.15, -0.1) is 12.4 Å². The Morgan fingerprint density at radius 3 is 2.47 bits per heavy atom. The van der Waals surface area contributed by atoms with Gasteiger partial charge in [-0.3, -0.25) is 14.6 Å². The molecule has 1 N–H and O–H groups in total. The predicted molar refractivity (Wildman–Crippen MR) is 116 cm³/mol. The summed E-state index contributed by atoms with van der Waals surface area (Å²) in [6.07, 6.45) is 8.05. The summed E-state index contributed by atoms with van der Waals surface area (Å²) in [4.78, 5) is 13.7. The number of anilines is 1. The zero-order chi connectivity index (χ0) is 20.1. The molecule has 160 valence electrons. The monoisotopic (exact) mass is 432 g/mol. The molecule has 0 bridgehead atoms. The first-order valence-electron chi connectivity index (χ1n) is 9.89. The highest BCUT2D eigenvalue weighted by molar-refractivity contribution is 5.85. The average Bonchev–Trinajstić information content (AvgIpc) is 3.21. The van der Waals surface area contributed by atoms with E-state index in [4.69, 9.17) is 5.11 Å². The fraction of sp³-hybridized carbons (Fsp3) is 0.381. The number of hydrogen-bond donors (Lipinski definition) is 1. The molecule has 0 radical (unpaired) electrons. The molecule has 1 aliphatic rings. The van der Waals surface area contributed by atoms with Crippen molar-refractivity contribution in [3.63, 3.8) is 0 Å². The first-order valence-corrected chi connectivity index (χ1v) is 9.89. The molecule has 4 rings (SSSR count). The zero-order valence-corrected chi connectivity index (χ0v) is 17.5. The van der Waals surface area contributed by atoms with Gasteiger partial charge in [0.05, 0.1) is 6.20 Å². The topological polar surface area (TPSA) is 70.3 Å². The van der Waals surface area contributed by atoms with Crippen LogP contribution in [0.2, 0.25) is 0 Å². The van der Waals surface area contributed by atoms with Crippen LogP contribution in [0, 0.1) is 5.82 Å². The lowest BCUT2D eigenvalue weighted by Gasteiger charge is -2.35. The number of benzene rings is 1. The van der Waals surface area contributed by atoms with E-state index in [1.807, 2.05) is 10.9 Å². The largest absolute Gasteiger partial charge is 0.396 e. The van der Waals surface area contributed by atoms with Gasteiger partial charge < -0.3 is 10.0 Å². The lowest BCUT2D eigenvalue weighted by Crippen LogP contribution is -2.46. The van der Waals surface area contributed by atoms with Crippen molar-refractivity contribution in [1.29, 1.82) is 0 Å². The third-order valence-electron chi connectivity index (χ3n) is 5.11. The SMILES string of the molecule is Cl.OCCCn1cc(CN2CCN(c3nccnc3-c3ccc(F)cc3)CC2)cn1. The molecular weight excluding hydrogens is 407 g/mol. The number of aryl methyl sites for hydroxylation is 1. The van der Waals surface area contributed by atoms with Crippen molar-refractivity contribution < 1.29 is 9.50 Å². The summed E-state index contributed by atoms with van der Waals surface area (Å²) in [5.74, 6) is 0.586. The lowest BCUT2D eigenvalue weighted by atomic mass is 10.1. The summed E-state index contributed by atoms with van der Waals surface area (Å²) >= 11 is 0. The molecule has 0 aliphatic carbocycles. The highest BCUT2D eigenvalue weighted by Crippen LogP contribution is 2.27. The summed E-state index contributed by atoms with van der Waals surface area (Å²) in [7, 11) is 0. The first-order chi connectivity index (χ1) is 14.2. The fourth-order valence-electron chi connectivity index (χ4n) is 3.59. The summed E-state index contributed by atoms with van der Waals surface area (Å²) in [6.45, 7) is 5.32. The van der Waals surface area contributed by atoms with Crippen molar-refractivity contribution >= 4 is 18.2 Å². The third-order valence-corrected chi connectivity index (χ3v) is 5.11. The van der Waals surface area contributed by atoms with E-state index in [9.17, 15) is 4.39 Å². The van der Waals surface area contributed by atoms with E-state index in [0.717, 1.165) is 56.3 Å². The van der Waals surface area contributed by atoms with Crippen LogP contribution < -0.4 is 4.90 Å². The van der Waals surface area contributed by atoms with E-state index in [1.165, 1.54) is 17.7 Å². The Kier molecular flexibility index (Phi) is 7.73. The molecule has 1 aromatic carbocycles. The Balaban J connectivity index is 0.00000256. The van der Waals surface area contributed by atoms with E-state index < -0.39 is 0 Å². The maximum absolute atomic E-state index is 13.3. The Morgan fingerprint density at radius 1 is 1.00 bits per heavy atom. The van der Waals surface area contributed by atoms with E-state index >= 15 is 0 Å². The van der Waals surface area contributed by atoms with Gasteiger partial charge >= 0.3 is 0 Å². The molecule has 1 aliphatic heterocycles. The molecule has 2 aromatic heterocycles. The quantitative estimate of drug-likeness (QED) is 0.619. The first kappa shape index (κ1) is 22.1. The molecule has 0 unspecified atom stereocenters. The van der Waals surface area contributed by atoms with Crippen LogP contribution in [0.1, 0.15) is 12.0 Å². The van der Waals surface area contributed by atoms with Gasteiger partial charge in [-0.05, 0) is 30.7 Å². The minimum absolute atomic E-state index is 0. The number of rotatable bonds is 7. The number of hydrogen-bond acceptors (Lipinski definition) is 6. The minimum Gasteiger partial charge on any atom is -0.396 e. The molecule has 1 saturated heterocycles. The van der Waals surface area contributed by atoms with Gasteiger partial charge in [0, 0.05) is 75.6 Å². The van der Waals surface area contributed by atoms with E-state index in [0.29, 0.717) is 6.42 Å². The number of aromatic nitrogens is 4. The Labute approximate surface area is 181 Å². The fourth-order valence-corrected chi connectivity index (χ4v) is 3.59. The highest BCUT2D eigenvalue weighted by atomic mass is 35.5. The molecule has 0 spiro atoms. The van der Waals surface area contributed by atoms with Gasteiger partial charge in [-0.25, -0.2) is 9.37 Å². The molecule has 30 heavy (non-hydrogen) atoms. The number of nitrogens with zero attached hydrogens (tertiary/aromatic N) is 6. The van der Waals surface area contributed by atoms with Gasteiger partial charge in [0.15, 0.2) is 5.82 Å². The summed E-state index contributed by atoms with van der Waals surface area (Å²) in [5, 5.41) is 13.3. The van der Waals surface area contributed by atoms with Crippen molar-refractivity contribution in [2.24, 2.45) is 0 Å². The van der Waals surface area contributed by atoms with Crippen LogP contribution in [0.4, 0.5) is 10.2 Å². The molecule has 1 fully saturated rings. The second-order valence-corrected chi connectivity index (χ2v) is 7.19. The van der Waals surface area contributed by atoms with Crippen molar-refractivity contribution in [2.45, 2.75) is 19.5 Å².